The summed E-state index contributed by atoms with van der Waals surface area (Å²) in [5.41, 5.74) is 5.56. The van der Waals surface area contributed by atoms with Gasteiger partial charge in [0.25, 0.3) is 0 Å². The molecule has 5 rings (SSSR count). The third-order valence-corrected chi connectivity index (χ3v) is 7.29. The Morgan fingerprint density at radius 1 is 1.12 bits per heavy atom. The van der Waals surface area contributed by atoms with Crippen molar-refractivity contribution >= 4 is 11.6 Å². The van der Waals surface area contributed by atoms with Gasteiger partial charge in [-0.25, -0.2) is 4.39 Å². The van der Waals surface area contributed by atoms with Gasteiger partial charge in [0.15, 0.2) is 0 Å². The Morgan fingerprint density at radius 3 is 2.75 bits per heavy atom. The van der Waals surface area contributed by atoms with E-state index in [-0.39, 0.29) is 31.2 Å². The number of benzene rings is 3. The summed E-state index contributed by atoms with van der Waals surface area (Å²) in [6.07, 6.45) is 4.40. The standard InChI is InChI=1S/C32H29ClFN3O3/c1-20(18-38)37-17-23-12-28(33)32(13-31(23)39-19-22-11-21(14-35)15-36-16-22)40-30-10-9-25-24(6-4-7-27(25)30)26-5-2-3-8-29(26)34/h2-8,11-13,15-16,20,30,37-38H,9-10,17-19H2,1H3/t20-,30-/m0/s1. The molecule has 6 nitrogen and oxygen atoms in total. The van der Waals surface area contributed by atoms with Crippen molar-refractivity contribution in [1.29, 1.82) is 5.26 Å². The fraction of sp³-hybridized carbons (Fsp3) is 0.250. The monoisotopic (exact) mass is 557 g/mol. The average molecular weight is 558 g/mol. The molecule has 2 atom stereocenters. The summed E-state index contributed by atoms with van der Waals surface area (Å²) >= 11 is 6.71. The molecule has 1 aliphatic rings. The van der Waals surface area contributed by atoms with Gasteiger partial charge in [-0.15, -0.1) is 0 Å². The first-order chi connectivity index (χ1) is 19.5. The number of rotatable bonds is 10. The number of nitrogens with zero attached hydrogens (tertiary/aromatic N) is 2. The Morgan fingerprint density at radius 2 is 1.95 bits per heavy atom. The Kier molecular flexibility index (Phi) is 8.61. The van der Waals surface area contributed by atoms with Gasteiger partial charge < -0.3 is 19.9 Å². The largest absolute Gasteiger partial charge is 0.488 e. The second-order valence-electron chi connectivity index (χ2n) is 9.84. The maximum Gasteiger partial charge on any atom is 0.142 e. The van der Waals surface area contributed by atoms with Crippen LogP contribution in [-0.2, 0) is 19.6 Å². The Bertz CT molecular complexity index is 1560. The van der Waals surface area contributed by atoms with Crippen molar-refractivity contribution in [1.82, 2.24) is 10.3 Å². The van der Waals surface area contributed by atoms with Gasteiger partial charge in [-0.05, 0) is 54.7 Å². The zero-order valence-corrected chi connectivity index (χ0v) is 22.8. The lowest BCUT2D eigenvalue weighted by Gasteiger charge is -2.20. The highest BCUT2D eigenvalue weighted by Gasteiger charge is 2.28. The molecule has 3 aromatic carbocycles. The van der Waals surface area contributed by atoms with Gasteiger partial charge >= 0.3 is 0 Å². The normalized spacial score (nSPS) is 14.8. The molecule has 0 radical (unpaired) electrons. The van der Waals surface area contributed by atoms with Gasteiger partial charge in [-0.1, -0.05) is 48.0 Å². The van der Waals surface area contributed by atoms with Crippen LogP contribution in [0.2, 0.25) is 5.02 Å². The van der Waals surface area contributed by atoms with E-state index >= 15 is 0 Å². The number of aliphatic hydroxyl groups is 1. The third kappa shape index (κ3) is 6.10. The van der Waals surface area contributed by atoms with Crippen LogP contribution in [0.25, 0.3) is 11.1 Å². The fourth-order valence-corrected chi connectivity index (χ4v) is 5.13. The minimum absolute atomic E-state index is 0.00625. The first kappa shape index (κ1) is 27.6. The molecule has 40 heavy (non-hydrogen) atoms. The summed E-state index contributed by atoms with van der Waals surface area (Å²) < 4.78 is 27.2. The van der Waals surface area contributed by atoms with Crippen LogP contribution in [0.5, 0.6) is 11.5 Å². The summed E-state index contributed by atoms with van der Waals surface area (Å²) in [4.78, 5) is 4.10. The highest BCUT2D eigenvalue weighted by molar-refractivity contribution is 6.32. The van der Waals surface area contributed by atoms with Crippen molar-refractivity contribution < 1.29 is 19.0 Å². The predicted octanol–water partition coefficient (Wildman–Crippen LogP) is 6.53. The predicted molar refractivity (Wildman–Crippen MR) is 152 cm³/mol. The molecule has 4 aromatic rings. The summed E-state index contributed by atoms with van der Waals surface area (Å²) in [6, 6.07) is 20.0. The number of hydrogen-bond donors (Lipinski definition) is 2. The molecule has 0 fully saturated rings. The molecule has 0 saturated heterocycles. The molecule has 1 heterocycles. The van der Waals surface area contributed by atoms with Gasteiger partial charge in [0, 0.05) is 47.7 Å². The highest BCUT2D eigenvalue weighted by atomic mass is 35.5. The highest BCUT2D eigenvalue weighted by Crippen LogP contribution is 2.43. The van der Waals surface area contributed by atoms with Crippen molar-refractivity contribution in [3.8, 4) is 28.7 Å². The van der Waals surface area contributed by atoms with Gasteiger partial charge in [0.2, 0.25) is 0 Å². The van der Waals surface area contributed by atoms with E-state index < -0.39 is 0 Å². The lowest BCUT2D eigenvalue weighted by atomic mass is 9.96. The molecule has 8 heteroatoms. The van der Waals surface area contributed by atoms with Gasteiger partial charge in [-0.2, -0.15) is 5.26 Å². The minimum Gasteiger partial charge on any atom is -0.488 e. The number of nitriles is 1. The average Bonchev–Trinajstić information content (AvgIpc) is 3.39. The molecular formula is C32H29ClFN3O3. The number of ether oxygens (including phenoxy) is 2. The van der Waals surface area contributed by atoms with E-state index in [2.05, 4.69) is 16.4 Å². The second kappa shape index (κ2) is 12.5. The number of fused-ring (bicyclic) bond motifs is 1. The van der Waals surface area contributed by atoms with Crippen molar-refractivity contribution in [2.45, 2.75) is 45.1 Å². The van der Waals surface area contributed by atoms with E-state index in [1.807, 2.05) is 31.2 Å². The van der Waals surface area contributed by atoms with Crippen LogP contribution in [-0.4, -0.2) is 22.7 Å². The van der Waals surface area contributed by atoms with E-state index in [9.17, 15) is 14.8 Å². The van der Waals surface area contributed by atoms with Crippen LogP contribution in [0.1, 0.15) is 47.3 Å². The van der Waals surface area contributed by atoms with E-state index in [1.54, 1.807) is 36.5 Å². The van der Waals surface area contributed by atoms with Crippen molar-refractivity contribution in [2.24, 2.45) is 0 Å². The number of aromatic nitrogens is 1. The van der Waals surface area contributed by atoms with Crippen LogP contribution in [0, 0.1) is 17.1 Å². The van der Waals surface area contributed by atoms with Crippen LogP contribution < -0.4 is 14.8 Å². The fourth-order valence-electron chi connectivity index (χ4n) is 4.90. The number of pyridine rings is 1. The van der Waals surface area contributed by atoms with Gasteiger partial charge in [0.05, 0.1) is 17.2 Å². The van der Waals surface area contributed by atoms with Gasteiger partial charge in [-0.3, -0.25) is 4.98 Å². The van der Waals surface area contributed by atoms with E-state index in [0.717, 1.165) is 40.7 Å². The summed E-state index contributed by atoms with van der Waals surface area (Å²) in [5.74, 6) is 0.798. The van der Waals surface area contributed by atoms with Crippen molar-refractivity contribution in [2.75, 3.05) is 6.61 Å². The molecule has 0 saturated carbocycles. The summed E-state index contributed by atoms with van der Waals surface area (Å²) in [6.45, 7) is 2.50. The molecule has 2 N–H and O–H groups in total. The topological polar surface area (TPSA) is 87.4 Å². The molecule has 1 aliphatic carbocycles. The lowest BCUT2D eigenvalue weighted by Crippen LogP contribution is -2.28. The van der Waals surface area contributed by atoms with Crippen LogP contribution in [0.15, 0.2) is 73.1 Å². The molecule has 0 spiro atoms. The van der Waals surface area contributed by atoms with E-state index in [0.29, 0.717) is 34.2 Å². The molecule has 0 aliphatic heterocycles. The quantitative estimate of drug-likeness (QED) is 0.230. The first-order valence-corrected chi connectivity index (χ1v) is 13.5. The summed E-state index contributed by atoms with van der Waals surface area (Å²) in [5, 5.41) is 22.3. The smallest absolute Gasteiger partial charge is 0.142 e. The molecule has 0 amide bonds. The second-order valence-corrected chi connectivity index (χ2v) is 10.2. The van der Waals surface area contributed by atoms with Crippen LogP contribution in [0.4, 0.5) is 4.39 Å². The zero-order chi connectivity index (χ0) is 28.1. The number of hydrogen-bond acceptors (Lipinski definition) is 6. The number of halogens is 2. The Hall–Kier alpha value is -3.96. The van der Waals surface area contributed by atoms with E-state index in [1.165, 1.54) is 12.3 Å². The molecule has 204 valence electrons. The molecule has 1 aromatic heterocycles. The van der Waals surface area contributed by atoms with Crippen molar-refractivity contribution in [3.05, 3.63) is 112 Å². The summed E-state index contributed by atoms with van der Waals surface area (Å²) in [7, 11) is 0. The maximum absolute atomic E-state index is 14.6. The zero-order valence-electron chi connectivity index (χ0n) is 22.0. The van der Waals surface area contributed by atoms with Gasteiger partial charge in [0.1, 0.15) is 36.1 Å². The Labute approximate surface area is 238 Å². The van der Waals surface area contributed by atoms with Crippen LogP contribution in [0.3, 0.4) is 0 Å². The molecular weight excluding hydrogens is 529 g/mol. The Balaban J connectivity index is 1.42. The maximum atomic E-state index is 14.6. The first-order valence-electron chi connectivity index (χ1n) is 13.1. The van der Waals surface area contributed by atoms with Crippen molar-refractivity contribution in [3.63, 3.8) is 0 Å². The molecule has 0 unspecified atom stereocenters. The van der Waals surface area contributed by atoms with E-state index in [4.69, 9.17) is 21.1 Å². The minimum atomic E-state index is -0.250. The SMILES string of the molecule is C[C@@H](CO)NCc1cc(Cl)c(O[C@H]2CCc3c(-c4ccccc4F)cccc32)cc1OCc1cncc(C#N)c1. The lowest BCUT2D eigenvalue weighted by molar-refractivity contribution is 0.205. The number of aliphatic hydroxyl groups excluding tert-OH is 1. The molecule has 0 bridgehead atoms. The van der Waals surface area contributed by atoms with Crippen LogP contribution >= 0.6 is 11.6 Å². The number of nitrogens with one attached hydrogen (secondary N) is 1. The third-order valence-electron chi connectivity index (χ3n) is 7.00.